The normalized spacial score (nSPS) is 18.2. The fourth-order valence-electron chi connectivity index (χ4n) is 2.38. The van der Waals surface area contributed by atoms with Gasteiger partial charge < -0.3 is 10.0 Å². The van der Waals surface area contributed by atoms with E-state index in [9.17, 15) is 26.8 Å². The molecule has 2 rings (SSSR count). The molecule has 0 aliphatic carbocycles. The van der Waals surface area contributed by atoms with Gasteiger partial charge in [-0.1, -0.05) is 6.07 Å². The van der Waals surface area contributed by atoms with Crippen LogP contribution in [0.2, 0.25) is 0 Å². The maximum absolute atomic E-state index is 13.8. The quantitative estimate of drug-likeness (QED) is 0.766. The third-order valence-electron chi connectivity index (χ3n) is 3.77. The molecule has 7 nitrogen and oxygen atoms in total. The minimum atomic E-state index is -4.29. The molecule has 1 amide bonds. The van der Waals surface area contributed by atoms with Crippen LogP contribution in [0.3, 0.4) is 0 Å². The first-order valence-electron chi connectivity index (χ1n) is 7.08. The van der Waals surface area contributed by atoms with Crippen LogP contribution in [0.15, 0.2) is 17.0 Å². The maximum atomic E-state index is 13.8. The number of halogens is 2. The molecule has 0 spiro atoms. The van der Waals surface area contributed by atoms with Crippen LogP contribution >= 0.6 is 0 Å². The van der Waals surface area contributed by atoms with E-state index in [1.54, 1.807) is 0 Å². The van der Waals surface area contributed by atoms with E-state index in [0.717, 1.165) is 12.1 Å². The summed E-state index contributed by atoms with van der Waals surface area (Å²) in [6.07, 6.45) is -0.139. The molecular formula is C14H16F2N2O5S. The largest absolute Gasteiger partial charge is 0.481 e. The van der Waals surface area contributed by atoms with Crippen molar-refractivity contribution < 1.29 is 31.9 Å². The molecule has 1 fully saturated rings. The first-order chi connectivity index (χ1) is 11.1. The molecule has 1 aliphatic rings. The predicted molar refractivity (Wildman–Crippen MR) is 78.6 cm³/mol. The van der Waals surface area contributed by atoms with E-state index in [0.29, 0.717) is 0 Å². The van der Waals surface area contributed by atoms with Crippen LogP contribution in [0.5, 0.6) is 0 Å². The molecule has 0 saturated carbocycles. The molecule has 1 saturated heterocycles. The van der Waals surface area contributed by atoms with Crippen molar-refractivity contribution in [1.29, 1.82) is 0 Å². The first-order valence-corrected chi connectivity index (χ1v) is 8.56. The zero-order valence-electron chi connectivity index (χ0n) is 12.8. The average Bonchev–Trinajstić information content (AvgIpc) is 2.86. The topological polar surface area (TPSA) is 104 Å². The number of aliphatic carboxylic acids is 1. The lowest BCUT2D eigenvalue weighted by Gasteiger charge is -2.16. The number of carboxylic acids is 1. The van der Waals surface area contributed by atoms with Gasteiger partial charge in [0.2, 0.25) is 15.9 Å². The number of sulfonamides is 1. The second kappa shape index (κ2) is 6.81. The standard InChI is InChI=1S/C14H16F2N2O5S/c1-8-2-3-10(13(16)12(8)15)24(22,23)17-4-5-18-7-9(14(20)21)6-11(18)19/h2-3,9,17H,4-7H2,1H3,(H,20,21). The summed E-state index contributed by atoms with van der Waals surface area (Å²) in [5.41, 5.74) is -0.0196. The molecule has 1 heterocycles. The summed E-state index contributed by atoms with van der Waals surface area (Å²) in [5, 5.41) is 8.86. The molecule has 0 radical (unpaired) electrons. The van der Waals surface area contributed by atoms with Crippen molar-refractivity contribution in [2.45, 2.75) is 18.2 Å². The van der Waals surface area contributed by atoms with Crippen molar-refractivity contribution in [3.05, 3.63) is 29.3 Å². The molecule has 1 unspecified atom stereocenters. The van der Waals surface area contributed by atoms with E-state index in [1.807, 2.05) is 0 Å². The Kier molecular flexibility index (Phi) is 5.19. The van der Waals surface area contributed by atoms with Crippen molar-refractivity contribution in [2.24, 2.45) is 5.92 Å². The van der Waals surface area contributed by atoms with Crippen molar-refractivity contribution >= 4 is 21.9 Å². The number of aryl methyl sites for hydroxylation is 1. The molecule has 24 heavy (non-hydrogen) atoms. The van der Waals surface area contributed by atoms with E-state index in [-0.39, 0.29) is 31.6 Å². The molecule has 10 heteroatoms. The molecule has 0 aromatic heterocycles. The van der Waals surface area contributed by atoms with E-state index in [1.165, 1.54) is 11.8 Å². The number of carbonyl (C=O) groups is 2. The summed E-state index contributed by atoms with van der Waals surface area (Å²) in [4.78, 5) is 22.9. The number of hydrogen-bond acceptors (Lipinski definition) is 4. The highest BCUT2D eigenvalue weighted by Gasteiger charge is 2.34. The minimum absolute atomic E-state index is 0.0105. The summed E-state index contributed by atoms with van der Waals surface area (Å²) in [7, 11) is -4.29. The fourth-order valence-corrected chi connectivity index (χ4v) is 3.47. The number of benzene rings is 1. The number of likely N-dealkylation sites (tertiary alicyclic amines) is 1. The Labute approximate surface area is 137 Å². The lowest BCUT2D eigenvalue weighted by molar-refractivity contribution is -0.141. The second-order valence-corrected chi connectivity index (χ2v) is 7.22. The molecule has 1 aromatic carbocycles. The van der Waals surface area contributed by atoms with Crippen LogP contribution in [-0.2, 0) is 19.6 Å². The van der Waals surface area contributed by atoms with Gasteiger partial charge in [-0.25, -0.2) is 21.9 Å². The molecule has 1 aromatic rings. The molecule has 132 valence electrons. The van der Waals surface area contributed by atoms with Gasteiger partial charge in [-0.3, -0.25) is 9.59 Å². The van der Waals surface area contributed by atoms with Gasteiger partial charge in [-0.2, -0.15) is 0 Å². The van der Waals surface area contributed by atoms with Gasteiger partial charge in [0, 0.05) is 26.1 Å². The van der Waals surface area contributed by atoms with Gasteiger partial charge in [-0.15, -0.1) is 0 Å². The number of carboxylic acid groups (broad SMARTS) is 1. The maximum Gasteiger partial charge on any atom is 0.308 e. The van der Waals surface area contributed by atoms with E-state index < -0.39 is 44.3 Å². The zero-order chi connectivity index (χ0) is 18.1. The van der Waals surface area contributed by atoms with Gasteiger partial charge in [0.15, 0.2) is 11.6 Å². The summed E-state index contributed by atoms with van der Waals surface area (Å²) < 4.78 is 53.4. The third kappa shape index (κ3) is 3.70. The van der Waals surface area contributed by atoms with Crippen molar-refractivity contribution in [2.75, 3.05) is 19.6 Å². The van der Waals surface area contributed by atoms with Gasteiger partial charge >= 0.3 is 5.97 Å². The van der Waals surface area contributed by atoms with Crippen LogP contribution in [-0.4, -0.2) is 49.9 Å². The Morgan fingerprint density at radius 3 is 2.62 bits per heavy atom. The monoisotopic (exact) mass is 362 g/mol. The van der Waals surface area contributed by atoms with Crippen LogP contribution in [0.25, 0.3) is 0 Å². The van der Waals surface area contributed by atoms with E-state index in [2.05, 4.69) is 4.72 Å². The minimum Gasteiger partial charge on any atom is -0.481 e. The average molecular weight is 362 g/mol. The number of carbonyl (C=O) groups excluding carboxylic acids is 1. The smallest absolute Gasteiger partial charge is 0.308 e. The third-order valence-corrected chi connectivity index (χ3v) is 5.25. The summed E-state index contributed by atoms with van der Waals surface area (Å²) in [6.45, 7) is 0.997. The molecular weight excluding hydrogens is 346 g/mol. The van der Waals surface area contributed by atoms with Crippen molar-refractivity contribution in [1.82, 2.24) is 9.62 Å². The Bertz CT molecular complexity index is 782. The Morgan fingerprint density at radius 2 is 2.04 bits per heavy atom. The Morgan fingerprint density at radius 1 is 1.38 bits per heavy atom. The predicted octanol–water partition coefficient (Wildman–Crippen LogP) is 0.485. The highest BCUT2D eigenvalue weighted by Crippen LogP contribution is 2.20. The lowest BCUT2D eigenvalue weighted by Crippen LogP contribution is -2.36. The number of rotatable bonds is 6. The lowest BCUT2D eigenvalue weighted by atomic mass is 10.1. The first kappa shape index (κ1) is 18.3. The molecule has 1 atom stereocenters. The van der Waals surface area contributed by atoms with Gasteiger partial charge in [0.1, 0.15) is 4.90 Å². The Hall–Kier alpha value is -2.07. The van der Waals surface area contributed by atoms with Crippen LogP contribution in [0.4, 0.5) is 8.78 Å². The van der Waals surface area contributed by atoms with Crippen LogP contribution < -0.4 is 4.72 Å². The van der Waals surface area contributed by atoms with Gasteiger partial charge in [-0.05, 0) is 18.6 Å². The molecule has 1 aliphatic heterocycles. The van der Waals surface area contributed by atoms with E-state index in [4.69, 9.17) is 5.11 Å². The van der Waals surface area contributed by atoms with Gasteiger partial charge in [0.05, 0.1) is 5.92 Å². The molecule has 0 bridgehead atoms. The second-order valence-electron chi connectivity index (χ2n) is 5.49. The summed E-state index contributed by atoms with van der Waals surface area (Å²) in [5.74, 6) is -5.02. The Balaban J connectivity index is 2.00. The fraction of sp³-hybridized carbons (Fsp3) is 0.429. The summed E-state index contributed by atoms with van der Waals surface area (Å²) in [6, 6.07) is 2.10. The number of hydrogen-bond donors (Lipinski definition) is 2. The summed E-state index contributed by atoms with van der Waals surface area (Å²) >= 11 is 0. The SMILES string of the molecule is Cc1ccc(S(=O)(=O)NCCN2CC(C(=O)O)CC2=O)c(F)c1F. The highest BCUT2D eigenvalue weighted by atomic mass is 32.2. The zero-order valence-corrected chi connectivity index (χ0v) is 13.6. The number of amides is 1. The van der Waals surface area contributed by atoms with Crippen LogP contribution in [0, 0.1) is 24.5 Å². The van der Waals surface area contributed by atoms with Gasteiger partial charge in [0.25, 0.3) is 0 Å². The van der Waals surface area contributed by atoms with Crippen molar-refractivity contribution in [3.63, 3.8) is 0 Å². The van der Waals surface area contributed by atoms with Crippen LogP contribution in [0.1, 0.15) is 12.0 Å². The van der Waals surface area contributed by atoms with Crippen molar-refractivity contribution in [3.8, 4) is 0 Å². The number of nitrogens with one attached hydrogen (secondary N) is 1. The van der Waals surface area contributed by atoms with E-state index >= 15 is 0 Å². The highest BCUT2D eigenvalue weighted by molar-refractivity contribution is 7.89. The number of nitrogens with zero attached hydrogens (tertiary/aromatic N) is 1. The molecule has 2 N–H and O–H groups in total.